The molecule has 1 aromatic carbocycles. The van der Waals surface area contributed by atoms with E-state index in [1.54, 1.807) is 6.07 Å². The molecule has 3 aliphatic heterocycles. The lowest BCUT2D eigenvalue weighted by atomic mass is 9.89. The molecule has 2 saturated heterocycles. The first kappa shape index (κ1) is 17.2. The Labute approximate surface area is 146 Å². The summed E-state index contributed by atoms with van der Waals surface area (Å²) >= 11 is 0. The van der Waals surface area contributed by atoms with Crippen LogP contribution in [-0.4, -0.2) is 29.9 Å². The van der Waals surface area contributed by atoms with E-state index in [1.165, 1.54) is 25.0 Å². The molecule has 2 bridgehead atoms. The first-order valence-corrected chi connectivity index (χ1v) is 8.24. The van der Waals surface area contributed by atoms with Crippen LogP contribution in [0.5, 0.6) is 0 Å². The zero-order chi connectivity index (χ0) is 16.0. The van der Waals surface area contributed by atoms with Gasteiger partial charge in [-0.15, -0.1) is 12.4 Å². The maximum absolute atomic E-state index is 13.4. The predicted octanol–water partition coefficient (Wildman–Crippen LogP) is 2.07. The van der Waals surface area contributed by atoms with Crippen molar-refractivity contribution in [1.82, 2.24) is 10.6 Å². The van der Waals surface area contributed by atoms with E-state index in [0.29, 0.717) is 23.3 Å². The van der Waals surface area contributed by atoms with Gasteiger partial charge in [0.2, 0.25) is 11.8 Å². The molecule has 2 amide bonds. The fourth-order valence-corrected chi connectivity index (χ4v) is 4.15. The zero-order valence-electron chi connectivity index (χ0n) is 13.2. The summed E-state index contributed by atoms with van der Waals surface area (Å²) in [7, 11) is 0. The van der Waals surface area contributed by atoms with Crippen molar-refractivity contribution in [2.45, 2.75) is 56.1 Å². The van der Waals surface area contributed by atoms with Crippen LogP contribution in [-0.2, 0) is 9.59 Å². The van der Waals surface area contributed by atoms with Crippen LogP contribution < -0.4 is 16.0 Å². The van der Waals surface area contributed by atoms with Crippen LogP contribution >= 0.6 is 12.4 Å². The molecule has 0 spiro atoms. The van der Waals surface area contributed by atoms with E-state index in [-0.39, 0.29) is 36.7 Å². The van der Waals surface area contributed by atoms with Crippen molar-refractivity contribution in [3.8, 4) is 0 Å². The topological polar surface area (TPSA) is 70.2 Å². The molecule has 4 rings (SSSR count). The van der Waals surface area contributed by atoms with Gasteiger partial charge in [-0.3, -0.25) is 9.59 Å². The van der Waals surface area contributed by atoms with Crippen LogP contribution in [0, 0.1) is 5.82 Å². The fraction of sp³-hybridized carbons (Fsp3) is 0.529. The number of halogens is 2. The monoisotopic (exact) mass is 353 g/mol. The van der Waals surface area contributed by atoms with Gasteiger partial charge in [-0.2, -0.15) is 0 Å². The Morgan fingerprint density at radius 2 is 1.92 bits per heavy atom. The number of carbonyl (C=O) groups is 2. The van der Waals surface area contributed by atoms with Crippen molar-refractivity contribution in [3.05, 3.63) is 29.6 Å². The Morgan fingerprint density at radius 1 is 1.21 bits per heavy atom. The lowest BCUT2D eigenvalue weighted by Crippen LogP contribution is -2.49. The molecule has 3 unspecified atom stereocenters. The maximum Gasteiger partial charge on any atom is 0.228 e. The summed E-state index contributed by atoms with van der Waals surface area (Å²) in [5.74, 6) is -1.32. The number of carbonyl (C=O) groups excluding carboxylic acids is 2. The molecule has 3 aliphatic rings. The van der Waals surface area contributed by atoms with Gasteiger partial charge in [0.25, 0.3) is 0 Å². The molecule has 0 aromatic heterocycles. The normalized spacial score (nSPS) is 30.8. The van der Waals surface area contributed by atoms with Gasteiger partial charge in [0.1, 0.15) is 5.82 Å². The summed E-state index contributed by atoms with van der Waals surface area (Å²) in [4.78, 5) is 24.5. The lowest BCUT2D eigenvalue weighted by molar-refractivity contribution is -0.127. The molecule has 3 N–H and O–H groups in total. The highest BCUT2D eigenvalue weighted by molar-refractivity contribution is 6.01. The average Bonchev–Trinajstić information content (AvgIpc) is 2.84. The summed E-state index contributed by atoms with van der Waals surface area (Å²) < 4.78 is 13.4. The summed E-state index contributed by atoms with van der Waals surface area (Å²) in [6.07, 6.45) is 4.34. The van der Waals surface area contributed by atoms with Crippen LogP contribution in [0.3, 0.4) is 0 Å². The minimum atomic E-state index is -0.535. The quantitative estimate of drug-likeness (QED) is 0.762. The van der Waals surface area contributed by atoms with Gasteiger partial charge in [-0.1, -0.05) is 6.07 Å². The van der Waals surface area contributed by atoms with E-state index in [9.17, 15) is 14.0 Å². The van der Waals surface area contributed by atoms with Crippen LogP contribution in [0.15, 0.2) is 18.2 Å². The van der Waals surface area contributed by atoms with E-state index >= 15 is 0 Å². The van der Waals surface area contributed by atoms with E-state index < -0.39 is 11.7 Å². The number of rotatable bonds is 2. The van der Waals surface area contributed by atoms with Gasteiger partial charge in [-0.25, -0.2) is 4.39 Å². The average molecular weight is 354 g/mol. The number of anilines is 1. The van der Waals surface area contributed by atoms with Gasteiger partial charge >= 0.3 is 0 Å². The number of hydrogen-bond donors (Lipinski definition) is 3. The van der Waals surface area contributed by atoms with E-state index in [0.717, 1.165) is 12.8 Å². The molecule has 3 atom stereocenters. The highest BCUT2D eigenvalue weighted by Gasteiger charge is 2.36. The Bertz CT molecular complexity index is 657. The smallest absolute Gasteiger partial charge is 0.228 e. The van der Waals surface area contributed by atoms with Gasteiger partial charge < -0.3 is 16.0 Å². The number of fused-ring (bicyclic) bond motifs is 3. The Morgan fingerprint density at radius 3 is 2.62 bits per heavy atom. The molecule has 0 aliphatic carbocycles. The third-order valence-corrected chi connectivity index (χ3v) is 5.19. The summed E-state index contributed by atoms with van der Waals surface area (Å²) in [5, 5.41) is 9.30. The molecule has 2 fully saturated rings. The predicted molar refractivity (Wildman–Crippen MR) is 90.7 cm³/mol. The maximum atomic E-state index is 13.4. The van der Waals surface area contributed by atoms with Crippen LogP contribution in [0.25, 0.3) is 0 Å². The second-order valence-electron chi connectivity index (χ2n) is 6.85. The molecular weight excluding hydrogens is 333 g/mol. The van der Waals surface area contributed by atoms with Crippen LogP contribution in [0.2, 0.25) is 0 Å². The van der Waals surface area contributed by atoms with Crippen molar-refractivity contribution in [2.24, 2.45) is 0 Å². The zero-order valence-corrected chi connectivity index (χ0v) is 14.0. The van der Waals surface area contributed by atoms with Crippen molar-refractivity contribution in [3.63, 3.8) is 0 Å². The summed E-state index contributed by atoms with van der Waals surface area (Å²) in [6, 6.07) is 5.36. The molecule has 3 heterocycles. The van der Waals surface area contributed by atoms with E-state index in [4.69, 9.17) is 0 Å². The standard InChI is InChI=1S/C17H20FN3O2.ClH/c18-9-1-4-13-14(8-16(22)21-15(13)5-9)17(23)20-12-6-10-2-3-11(7-12)19-10;/h1,4-5,10-12,14,19H,2-3,6-8H2,(H,20,23)(H,21,22);1H. The Hall–Kier alpha value is -1.66. The van der Waals surface area contributed by atoms with Crippen LogP contribution in [0.1, 0.15) is 43.6 Å². The first-order valence-electron chi connectivity index (χ1n) is 8.24. The number of hydrogen-bond acceptors (Lipinski definition) is 3. The van der Waals surface area contributed by atoms with Gasteiger partial charge in [-0.05, 0) is 43.4 Å². The molecular formula is C17H21ClFN3O2. The van der Waals surface area contributed by atoms with E-state index in [2.05, 4.69) is 16.0 Å². The molecule has 1 aromatic rings. The number of benzene rings is 1. The van der Waals surface area contributed by atoms with Crippen LogP contribution in [0.4, 0.5) is 10.1 Å². The number of amides is 2. The van der Waals surface area contributed by atoms with Gasteiger partial charge in [0.05, 0.1) is 5.92 Å². The summed E-state index contributed by atoms with van der Waals surface area (Å²) in [6.45, 7) is 0. The molecule has 24 heavy (non-hydrogen) atoms. The number of nitrogens with one attached hydrogen (secondary N) is 3. The fourth-order valence-electron chi connectivity index (χ4n) is 4.15. The number of piperidine rings is 1. The molecule has 0 saturated carbocycles. The Balaban J connectivity index is 0.00000169. The SMILES string of the molecule is Cl.O=C1CC(C(=O)NC2CC3CCC(C2)N3)c2ccc(F)cc2N1. The highest BCUT2D eigenvalue weighted by Crippen LogP contribution is 2.34. The van der Waals surface area contributed by atoms with Crippen molar-refractivity contribution >= 4 is 29.9 Å². The van der Waals surface area contributed by atoms with E-state index in [1.807, 2.05) is 0 Å². The minimum Gasteiger partial charge on any atom is -0.353 e. The van der Waals surface area contributed by atoms with Crippen molar-refractivity contribution in [2.75, 3.05) is 5.32 Å². The van der Waals surface area contributed by atoms with Gasteiger partial charge in [0, 0.05) is 30.2 Å². The second-order valence-corrected chi connectivity index (χ2v) is 6.85. The molecule has 5 nitrogen and oxygen atoms in total. The lowest BCUT2D eigenvalue weighted by Gasteiger charge is -2.32. The third-order valence-electron chi connectivity index (χ3n) is 5.19. The summed E-state index contributed by atoms with van der Waals surface area (Å²) in [5.41, 5.74) is 1.10. The minimum absolute atomic E-state index is 0. The molecule has 130 valence electrons. The molecule has 0 radical (unpaired) electrons. The molecule has 7 heteroatoms. The van der Waals surface area contributed by atoms with Crippen molar-refractivity contribution in [1.29, 1.82) is 0 Å². The largest absolute Gasteiger partial charge is 0.353 e. The highest BCUT2D eigenvalue weighted by atomic mass is 35.5. The second kappa shape index (κ2) is 6.69. The Kier molecular flexibility index (Phi) is 4.78. The third kappa shape index (κ3) is 3.26. The van der Waals surface area contributed by atoms with Crippen molar-refractivity contribution < 1.29 is 14.0 Å². The first-order chi connectivity index (χ1) is 11.1. The van der Waals surface area contributed by atoms with Gasteiger partial charge in [0.15, 0.2) is 0 Å².